The zero-order chi connectivity index (χ0) is 12.6. The highest BCUT2D eigenvalue weighted by Crippen LogP contribution is 2.16. The van der Waals surface area contributed by atoms with E-state index in [0.29, 0.717) is 6.42 Å². The molecule has 0 aliphatic carbocycles. The summed E-state index contributed by atoms with van der Waals surface area (Å²) in [4.78, 5) is 11.3. The molecule has 0 saturated carbocycles. The molecule has 0 aromatic carbocycles. The summed E-state index contributed by atoms with van der Waals surface area (Å²) in [6.45, 7) is 3.90. The van der Waals surface area contributed by atoms with Crippen LogP contribution in [0.5, 0.6) is 0 Å². The summed E-state index contributed by atoms with van der Waals surface area (Å²) < 4.78 is 4.63. The Morgan fingerprint density at radius 1 is 1.56 bits per heavy atom. The van der Waals surface area contributed by atoms with Crippen molar-refractivity contribution >= 4 is 17.7 Å². The van der Waals surface area contributed by atoms with Gasteiger partial charge in [0, 0.05) is 5.25 Å². The minimum absolute atomic E-state index is 0.210. The number of ether oxygens (including phenoxy) is 1. The van der Waals surface area contributed by atoms with E-state index in [0.717, 1.165) is 18.6 Å². The molecule has 16 heavy (non-hydrogen) atoms. The molecular formula is C11H23NO3S. The number of carbonyl (C=O) groups is 1. The van der Waals surface area contributed by atoms with Gasteiger partial charge >= 0.3 is 5.97 Å². The molecule has 0 radical (unpaired) electrons. The third-order valence-electron chi connectivity index (χ3n) is 2.40. The molecule has 3 N–H and O–H groups in total. The van der Waals surface area contributed by atoms with Crippen LogP contribution in [0, 0.1) is 0 Å². The van der Waals surface area contributed by atoms with Gasteiger partial charge < -0.3 is 15.6 Å². The maximum atomic E-state index is 11.3. The van der Waals surface area contributed by atoms with Crippen LogP contribution >= 0.6 is 11.8 Å². The normalized spacial score (nSPS) is 16.6. The van der Waals surface area contributed by atoms with E-state index in [1.165, 1.54) is 7.11 Å². The minimum atomic E-state index is -0.873. The molecular weight excluding hydrogens is 226 g/mol. The van der Waals surface area contributed by atoms with Crippen LogP contribution in [0.1, 0.15) is 33.1 Å². The second-order valence-corrected chi connectivity index (χ2v) is 5.78. The number of aliphatic hydroxyl groups is 1. The van der Waals surface area contributed by atoms with E-state index in [-0.39, 0.29) is 17.8 Å². The van der Waals surface area contributed by atoms with Crippen LogP contribution in [0.3, 0.4) is 0 Å². The molecule has 0 amide bonds. The van der Waals surface area contributed by atoms with Gasteiger partial charge in [0.15, 0.2) is 0 Å². The second kappa shape index (κ2) is 7.92. The van der Waals surface area contributed by atoms with E-state index in [1.807, 2.05) is 6.92 Å². The quantitative estimate of drug-likeness (QED) is 0.499. The molecule has 2 atom stereocenters. The average molecular weight is 249 g/mol. The lowest BCUT2D eigenvalue weighted by molar-refractivity contribution is -0.146. The van der Waals surface area contributed by atoms with Gasteiger partial charge in [-0.25, -0.2) is 0 Å². The molecule has 0 aromatic heterocycles. The molecule has 5 heteroatoms. The highest BCUT2D eigenvalue weighted by molar-refractivity contribution is 7.99. The number of unbranched alkanes of at least 4 members (excludes halogenated alkanes) is 1. The van der Waals surface area contributed by atoms with Crippen LogP contribution < -0.4 is 5.73 Å². The van der Waals surface area contributed by atoms with Crippen molar-refractivity contribution in [1.82, 2.24) is 0 Å². The highest BCUT2D eigenvalue weighted by atomic mass is 32.2. The minimum Gasteiger partial charge on any atom is -0.468 e. The molecule has 0 aromatic rings. The number of methoxy groups -OCH3 is 1. The predicted octanol–water partition coefficient (Wildman–Crippen LogP) is 1.16. The smallest absolute Gasteiger partial charge is 0.325 e. The summed E-state index contributed by atoms with van der Waals surface area (Å²) in [7, 11) is 1.35. The molecule has 0 rings (SSSR count). The first-order valence-electron chi connectivity index (χ1n) is 5.53. The molecule has 0 aliphatic rings. The highest BCUT2D eigenvalue weighted by Gasteiger charge is 2.28. The Kier molecular flexibility index (Phi) is 7.80. The van der Waals surface area contributed by atoms with Crippen LogP contribution in [-0.4, -0.2) is 41.3 Å². The van der Waals surface area contributed by atoms with Crippen molar-refractivity contribution in [3.05, 3.63) is 0 Å². The van der Waals surface area contributed by atoms with E-state index >= 15 is 0 Å². The van der Waals surface area contributed by atoms with Crippen molar-refractivity contribution in [2.24, 2.45) is 5.73 Å². The van der Waals surface area contributed by atoms with Crippen molar-refractivity contribution in [3.63, 3.8) is 0 Å². The number of hydrogen-bond acceptors (Lipinski definition) is 5. The number of rotatable bonds is 8. The van der Waals surface area contributed by atoms with Crippen molar-refractivity contribution in [2.75, 3.05) is 19.5 Å². The summed E-state index contributed by atoms with van der Waals surface area (Å²) in [5, 5.41) is 9.11. The molecule has 0 aliphatic heterocycles. The van der Waals surface area contributed by atoms with Crippen LogP contribution in [-0.2, 0) is 9.53 Å². The number of esters is 1. The van der Waals surface area contributed by atoms with E-state index < -0.39 is 5.54 Å². The van der Waals surface area contributed by atoms with Gasteiger partial charge in [0.25, 0.3) is 0 Å². The Hall–Kier alpha value is -0.260. The van der Waals surface area contributed by atoms with Gasteiger partial charge in [-0.15, -0.1) is 0 Å². The SMILES string of the molecule is COC(=O)C(C)(N)CCCCSC(C)CO. The van der Waals surface area contributed by atoms with Crippen LogP contribution in [0.15, 0.2) is 0 Å². The Bertz CT molecular complexity index is 209. The third-order valence-corrected chi connectivity index (χ3v) is 3.64. The number of nitrogens with two attached hydrogens (primary N) is 1. The summed E-state index contributed by atoms with van der Waals surface area (Å²) in [6, 6.07) is 0. The number of thioether (sulfide) groups is 1. The molecule has 0 fully saturated rings. The molecule has 0 saturated heterocycles. The summed E-state index contributed by atoms with van der Waals surface area (Å²) in [5.74, 6) is 0.628. The molecule has 0 bridgehead atoms. The molecule has 2 unspecified atom stereocenters. The first kappa shape index (κ1) is 15.7. The Balaban J connectivity index is 3.62. The summed E-state index contributed by atoms with van der Waals surface area (Å²) in [6.07, 6.45) is 2.53. The van der Waals surface area contributed by atoms with Crippen molar-refractivity contribution in [3.8, 4) is 0 Å². The number of hydrogen-bond donors (Lipinski definition) is 2. The lowest BCUT2D eigenvalue weighted by Gasteiger charge is -2.21. The first-order chi connectivity index (χ1) is 7.44. The van der Waals surface area contributed by atoms with Crippen molar-refractivity contribution in [2.45, 2.75) is 43.9 Å². The fourth-order valence-corrected chi connectivity index (χ4v) is 2.15. The monoisotopic (exact) mass is 249 g/mol. The standard InChI is InChI=1S/C11H23NO3S/c1-9(8-13)16-7-5-4-6-11(2,12)10(14)15-3/h9,13H,4-8,12H2,1-3H3. The topological polar surface area (TPSA) is 72.5 Å². The van der Waals surface area contributed by atoms with Gasteiger partial charge in [0.1, 0.15) is 5.54 Å². The Morgan fingerprint density at radius 3 is 2.69 bits per heavy atom. The van der Waals surface area contributed by atoms with Crippen LogP contribution in [0.2, 0.25) is 0 Å². The molecule has 0 spiro atoms. The molecule has 4 nitrogen and oxygen atoms in total. The maximum absolute atomic E-state index is 11.3. The van der Waals surface area contributed by atoms with Gasteiger partial charge in [0.2, 0.25) is 0 Å². The van der Waals surface area contributed by atoms with Gasteiger partial charge in [-0.1, -0.05) is 13.3 Å². The maximum Gasteiger partial charge on any atom is 0.325 e. The number of carbonyl (C=O) groups excluding carboxylic acids is 1. The molecule has 96 valence electrons. The summed E-state index contributed by atoms with van der Waals surface area (Å²) >= 11 is 1.73. The van der Waals surface area contributed by atoms with Crippen molar-refractivity contribution < 1.29 is 14.6 Å². The van der Waals surface area contributed by atoms with Gasteiger partial charge in [-0.3, -0.25) is 4.79 Å². The van der Waals surface area contributed by atoms with Gasteiger partial charge in [-0.2, -0.15) is 11.8 Å². The first-order valence-corrected chi connectivity index (χ1v) is 6.58. The predicted molar refractivity (Wildman–Crippen MR) is 67.5 cm³/mol. The lowest BCUT2D eigenvalue weighted by Crippen LogP contribution is -2.45. The van der Waals surface area contributed by atoms with Crippen LogP contribution in [0.4, 0.5) is 0 Å². The van der Waals surface area contributed by atoms with Gasteiger partial charge in [-0.05, 0) is 25.5 Å². The van der Waals surface area contributed by atoms with Crippen molar-refractivity contribution in [1.29, 1.82) is 0 Å². The average Bonchev–Trinajstić information content (AvgIpc) is 2.26. The zero-order valence-electron chi connectivity index (χ0n) is 10.4. The Morgan fingerprint density at radius 2 is 2.19 bits per heavy atom. The van der Waals surface area contributed by atoms with Gasteiger partial charge in [0.05, 0.1) is 13.7 Å². The number of aliphatic hydroxyl groups excluding tert-OH is 1. The van der Waals surface area contributed by atoms with E-state index in [4.69, 9.17) is 10.8 Å². The fourth-order valence-electron chi connectivity index (χ4n) is 1.27. The Labute approximate surface area is 102 Å². The lowest BCUT2D eigenvalue weighted by atomic mass is 9.97. The third kappa shape index (κ3) is 6.35. The zero-order valence-corrected chi connectivity index (χ0v) is 11.2. The van der Waals surface area contributed by atoms with E-state index in [1.54, 1.807) is 18.7 Å². The van der Waals surface area contributed by atoms with E-state index in [9.17, 15) is 4.79 Å². The fraction of sp³-hybridized carbons (Fsp3) is 0.909. The summed E-state index contributed by atoms with van der Waals surface area (Å²) in [5.41, 5.74) is 4.94. The largest absolute Gasteiger partial charge is 0.468 e. The second-order valence-electron chi connectivity index (χ2n) is 4.23. The molecule has 0 heterocycles. The van der Waals surface area contributed by atoms with Crippen LogP contribution in [0.25, 0.3) is 0 Å². The van der Waals surface area contributed by atoms with E-state index in [2.05, 4.69) is 4.74 Å².